The molecular weight excluding hydrogens is 387 g/mol. The summed E-state index contributed by atoms with van der Waals surface area (Å²) in [7, 11) is 3.13. The van der Waals surface area contributed by atoms with E-state index in [9.17, 15) is 18.0 Å². The Morgan fingerprint density at radius 3 is 1.66 bits per heavy atom. The smallest absolute Gasteiger partial charge is 0.293 e. The first-order chi connectivity index (χ1) is 13.9. The van der Waals surface area contributed by atoms with Crippen molar-refractivity contribution in [3.63, 3.8) is 0 Å². The van der Waals surface area contributed by atoms with E-state index in [4.69, 9.17) is 9.47 Å². The molecule has 2 aromatic rings. The maximum atomic E-state index is 13.3. The molecule has 0 N–H and O–H groups in total. The first-order valence-corrected chi connectivity index (χ1v) is 8.96. The molecule has 158 valence electrons. The molecule has 0 aliphatic heterocycles. The van der Waals surface area contributed by atoms with Gasteiger partial charge >= 0.3 is 0 Å². The summed E-state index contributed by atoms with van der Waals surface area (Å²) >= 11 is 0. The number of halogens is 3. The molecule has 0 radical (unpaired) electrons. The maximum Gasteiger partial charge on any atom is 0.293 e. The van der Waals surface area contributed by atoms with Crippen molar-refractivity contribution in [2.45, 2.75) is 32.0 Å². The Morgan fingerprint density at radius 2 is 1.31 bits per heavy atom. The number of hydrogen-bond acceptors (Lipinski definition) is 5. The van der Waals surface area contributed by atoms with E-state index in [-0.39, 0.29) is 6.54 Å². The SMILES string of the molecule is COc1ccc(CN(Cc2ccc(OC)cc2)CC(C=O)OC(F)C(F)F)cc1. The third-order valence-corrected chi connectivity index (χ3v) is 4.22. The van der Waals surface area contributed by atoms with Gasteiger partial charge in [-0.25, -0.2) is 13.2 Å². The minimum atomic E-state index is -3.31. The van der Waals surface area contributed by atoms with Crippen LogP contribution in [0.2, 0.25) is 0 Å². The summed E-state index contributed by atoms with van der Waals surface area (Å²) in [6.45, 7) is 0.749. The highest BCUT2D eigenvalue weighted by Crippen LogP contribution is 2.18. The van der Waals surface area contributed by atoms with Crippen LogP contribution in [0.5, 0.6) is 11.5 Å². The highest BCUT2D eigenvalue weighted by molar-refractivity contribution is 5.56. The van der Waals surface area contributed by atoms with Crippen molar-refractivity contribution in [1.29, 1.82) is 0 Å². The van der Waals surface area contributed by atoms with Gasteiger partial charge in [0.1, 0.15) is 23.9 Å². The van der Waals surface area contributed by atoms with Crippen LogP contribution < -0.4 is 9.47 Å². The Labute approximate surface area is 168 Å². The molecule has 0 bridgehead atoms. The summed E-state index contributed by atoms with van der Waals surface area (Å²) in [5, 5.41) is 0. The average molecular weight is 411 g/mol. The van der Waals surface area contributed by atoms with E-state index in [0.29, 0.717) is 30.9 Å². The predicted octanol–water partition coefficient (Wildman–Crippen LogP) is 3.85. The first-order valence-electron chi connectivity index (χ1n) is 8.96. The van der Waals surface area contributed by atoms with E-state index in [1.54, 1.807) is 38.5 Å². The summed E-state index contributed by atoms with van der Waals surface area (Å²) in [6.07, 6.45) is -7.11. The molecule has 5 nitrogen and oxygen atoms in total. The van der Waals surface area contributed by atoms with Crippen LogP contribution in [0.15, 0.2) is 48.5 Å². The van der Waals surface area contributed by atoms with Crippen molar-refractivity contribution >= 4 is 6.29 Å². The van der Waals surface area contributed by atoms with E-state index in [1.807, 2.05) is 29.2 Å². The van der Waals surface area contributed by atoms with E-state index in [2.05, 4.69) is 4.74 Å². The van der Waals surface area contributed by atoms with Gasteiger partial charge in [-0.3, -0.25) is 4.90 Å². The zero-order valence-electron chi connectivity index (χ0n) is 16.3. The quantitative estimate of drug-likeness (QED) is 0.497. The second-order valence-electron chi connectivity index (χ2n) is 6.36. The van der Waals surface area contributed by atoms with Gasteiger partial charge in [0.25, 0.3) is 12.8 Å². The van der Waals surface area contributed by atoms with Gasteiger partial charge in [0.15, 0.2) is 0 Å². The van der Waals surface area contributed by atoms with Gasteiger partial charge in [-0.15, -0.1) is 0 Å². The van der Waals surface area contributed by atoms with E-state index >= 15 is 0 Å². The normalized spacial score (nSPS) is 13.3. The van der Waals surface area contributed by atoms with Crippen molar-refractivity contribution in [1.82, 2.24) is 4.90 Å². The third-order valence-electron chi connectivity index (χ3n) is 4.22. The topological polar surface area (TPSA) is 48.0 Å². The lowest BCUT2D eigenvalue weighted by atomic mass is 10.1. The Balaban J connectivity index is 2.14. The summed E-state index contributed by atoms with van der Waals surface area (Å²) in [6, 6.07) is 14.6. The molecule has 0 saturated heterocycles. The number of carbonyl (C=O) groups is 1. The minimum Gasteiger partial charge on any atom is -0.497 e. The fourth-order valence-electron chi connectivity index (χ4n) is 2.76. The van der Waals surface area contributed by atoms with Crippen LogP contribution in [0.25, 0.3) is 0 Å². The van der Waals surface area contributed by atoms with Crippen LogP contribution in [-0.2, 0) is 22.6 Å². The molecule has 8 heteroatoms. The number of alkyl halides is 3. The summed E-state index contributed by atoms with van der Waals surface area (Å²) in [5.41, 5.74) is 1.82. The standard InChI is InChI=1S/C21H24F3NO4/c1-27-17-7-3-15(4-8-17)11-25(12-16-5-9-18(28-2)10-6-16)13-19(14-26)29-21(24)20(22)23/h3-10,14,19-21H,11-13H2,1-2H3. The van der Waals surface area contributed by atoms with Crippen LogP contribution in [-0.4, -0.2) is 50.8 Å². The van der Waals surface area contributed by atoms with E-state index < -0.39 is 18.9 Å². The molecule has 2 unspecified atom stereocenters. The molecule has 0 aliphatic carbocycles. The van der Waals surface area contributed by atoms with Gasteiger partial charge < -0.3 is 19.0 Å². The number of rotatable bonds is 12. The largest absolute Gasteiger partial charge is 0.497 e. The van der Waals surface area contributed by atoms with Gasteiger partial charge in [-0.05, 0) is 35.4 Å². The zero-order valence-corrected chi connectivity index (χ0v) is 16.3. The van der Waals surface area contributed by atoms with Gasteiger partial charge in [0.05, 0.1) is 14.2 Å². The number of ether oxygens (including phenoxy) is 3. The zero-order chi connectivity index (χ0) is 21.2. The van der Waals surface area contributed by atoms with Gasteiger partial charge in [0.2, 0.25) is 0 Å². The third kappa shape index (κ3) is 7.40. The molecule has 0 fully saturated rings. The number of nitrogens with zero attached hydrogens (tertiary/aromatic N) is 1. The number of methoxy groups -OCH3 is 2. The molecule has 2 aromatic carbocycles. The summed E-state index contributed by atoms with van der Waals surface area (Å²) in [5.74, 6) is 1.39. The molecule has 0 spiro atoms. The Morgan fingerprint density at radius 1 is 0.862 bits per heavy atom. The fraction of sp³-hybridized carbons (Fsp3) is 0.381. The molecule has 0 amide bonds. The van der Waals surface area contributed by atoms with Crippen molar-refractivity contribution in [3.05, 3.63) is 59.7 Å². The molecular formula is C21H24F3NO4. The van der Waals surface area contributed by atoms with Crippen LogP contribution in [0.3, 0.4) is 0 Å². The molecule has 0 aliphatic rings. The number of aldehydes is 1. The highest BCUT2D eigenvalue weighted by atomic mass is 19.3. The fourth-order valence-corrected chi connectivity index (χ4v) is 2.76. The van der Waals surface area contributed by atoms with Crippen molar-refractivity contribution in [2.24, 2.45) is 0 Å². The second-order valence-corrected chi connectivity index (χ2v) is 6.36. The van der Waals surface area contributed by atoms with Crippen molar-refractivity contribution in [3.8, 4) is 11.5 Å². The Kier molecular flexibility index (Phi) is 8.95. The predicted molar refractivity (Wildman–Crippen MR) is 102 cm³/mol. The van der Waals surface area contributed by atoms with Gasteiger partial charge in [-0.1, -0.05) is 24.3 Å². The lowest BCUT2D eigenvalue weighted by Gasteiger charge is -2.26. The number of carbonyl (C=O) groups excluding carboxylic acids is 1. The number of benzene rings is 2. The van der Waals surface area contributed by atoms with Crippen LogP contribution in [0.1, 0.15) is 11.1 Å². The molecule has 29 heavy (non-hydrogen) atoms. The van der Waals surface area contributed by atoms with E-state index in [0.717, 1.165) is 11.1 Å². The Hall–Kier alpha value is -2.58. The summed E-state index contributed by atoms with van der Waals surface area (Å²) in [4.78, 5) is 13.1. The first kappa shape index (κ1) is 22.7. The lowest BCUT2D eigenvalue weighted by Crippen LogP contribution is -2.37. The second kappa shape index (κ2) is 11.4. The van der Waals surface area contributed by atoms with Crippen LogP contribution in [0, 0.1) is 0 Å². The summed E-state index contributed by atoms with van der Waals surface area (Å²) < 4.78 is 53.0. The van der Waals surface area contributed by atoms with Crippen molar-refractivity contribution in [2.75, 3.05) is 20.8 Å². The van der Waals surface area contributed by atoms with Crippen LogP contribution in [0.4, 0.5) is 13.2 Å². The monoisotopic (exact) mass is 411 g/mol. The Bertz CT molecular complexity index is 691. The molecule has 0 heterocycles. The lowest BCUT2D eigenvalue weighted by molar-refractivity contribution is -0.165. The van der Waals surface area contributed by atoms with Gasteiger partial charge in [-0.2, -0.15) is 0 Å². The maximum absolute atomic E-state index is 13.3. The molecule has 0 aromatic heterocycles. The molecule has 2 atom stereocenters. The highest BCUT2D eigenvalue weighted by Gasteiger charge is 2.25. The van der Waals surface area contributed by atoms with Gasteiger partial charge in [0, 0.05) is 19.6 Å². The molecule has 0 saturated carbocycles. The average Bonchev–Trinajstić information content (AvgIpc) is 2.74. The molecule has 2 rings (SSSR count). The van der Waals surface area contributed by atoms with Crippen molar-refractivity contribution < 1.29 is 32.2 Å². The minimum absolute atomic E-state index is 0.0469. The van der Waals surface area contributed by atoms with E-state index in [1.165, 1.54) is 0 Å². The van der Waals surface area contributed by atoms with Crippen LogP contribution >= 0.6 is 0 Å². The number of hydrogen-bond donors (Lipinski definition) is 0.